The van der Waals surface area contributed by atoms with Gasteiger partial charge < -0.3 is 45.3 Å². The van der Waals surface area contributed by atoms with Crippen LogP contribution in [0.5, 0.6) is 0 Å². The number of carbonyl (C=O) groups is 4. The Morgan fingerprint density at radius 1 is 0.643 bits per heavy atom. The molecule has 4 aliphatic rings. The molecule has 9 nitrogen and oxygen atoms in total. The van der Waals surface area contributed by atoms with Gasteiger partial charge in [-0.2, -0.15) is 0 Å². The van der Waals surface area contributed by atoms with Gasteiger partial charge in [0.1, 0.15) is 0 Å². The van der Waals surface area contributed by atoms with Crippen LogP contribution in [0.4, 0.5) is 0 Å². The van der Waals surface area contributed by atoms with Crippen molar-refractivity contribution in [3.05, 3.63) is 0 Å². The zero-order chi connectivity index (χ0) is 21.8. The van der Waals surface area contributed by atoms with E-state index >= 15 is 0 Å². The van der Waals surface area contributed by atoms with Gasteiger partial charge in [-0.3, -0.25) is 0 Å². The summed E-state index contributed by atoms with van der Waals surface area (Å²) >= 11 is 0. The third-order valence-electron chi connectivity index (χ3n) is 4.09. The quantitative estimate of drug-likeness (QED) is 0.279. The van der Waals surface area contributed by atoms with Crippen molar-refractivity contribution in [3.63, 3.8) is 0 Å². The van der Waals surface area contributed by atoms with E-state index in [0.29, 0.717) is 5.54 Å². The molecule has 4 aliphatic carbocycles. The smallest absolute Gasteiger partial charge is 0.0383 e. The maximum atomic E-state index is 8.89. The van der Waals surface area contributed by atoms with Gasteiger partial charge in [0.05, 0.1) is 0 Å². The number of rotatable bonds is 0. The molecule has 4 fully saturated rings. The van der Waals surface area contributed by atoms with Crippen LogP contribution >= 0.6 is 0 Å². The molecule has 0 aromatic carbocycles. The Labute approximate surface area is 185 Å². The molecule has 0 spiro atoms. The predicted molar refractivity (Wildman–Crippen MR) is 93.6 cm³/mol. The number of aliphatic carboxylic acids is 4. The molecule has 28 heavy (non-hydrogen) atoms. The summed E-state index contributed by atoms with van der Waals surface area (Å²) in [5, 5.41) is 35.6. The van der Waals surface area contributed by atoms with Crippen LogP contribution in [0.1, 0.15) is 66.2 Å². The summed E-state index contributed by atoms with van der Waals surface area (Å²) in [7, 11) is 0. The molecular formula is C18H29NO8Pb-4. The maximum absolute atomic E-state index is 8.89. The Hall–Kier alpha value is -1.24. The Bertz CT molecular complexity index is 411. The predicted octanol–water partition coefficient (Wildman–Crippen LogP) is -3.44. The van der Waals surface area contributed by atoms with Gasteiger partial charge in [0.25, 0.3) is 0 Å². The summed E-state index contributed by atoms with van der Waals surface area (Å²) in [6.07, 6.45) is 8.57. The molecule has 4 saturated carbocycles. The van der Waals surface area contributed by atoms with E-state index in [0.717, 1.165) is 45.4 Å². The molecule has 0 unspecified atom stereocenters. The van der Waals surface area contributed by atoms with Crippen molar-refractivity contribution in [1.29, 1.82) is 0 Å². The monoisotopic (exact) mass is 595 g/mol. The van der Waals surface area contributed by atoms with Crippen LogP contribution in [0.3, 0.4) is 0 Å². The van der Waals surface area contributed by atoms with Crippen molar-refractivity contribution in [2.24, 2.45) is 23.5 Å². The Morgan fingerprint density at radius 3 is 0.893 bits per heavy atom. The minimum absolute atomic E-state index is 0. The summed E-state index contributed by atoms with van der Waals surface area (Å²) < 4.78 is 0. The second-order valence-corrected chi connectivity index (χ2v) is 7.25. The minimum atomic E-state index is -1.08. The molecule has 4 radical (unpaired) electrons. The van der Waals surface area contributed by atoms with Crippen LogP contribution in [-0.4, -0.2) is 56.7 Å². The first-order chi connectivity index (χ1) is 12.2. The molecule has 0 aromatic heterocycles. The molecule has 0 aliphatic heterocycles. The second-order valence-electron chi connectivity index (χ2n) is 7.25. The van der Waals surface area contributed by atoms with Crippen molar-refractivity contribution >= 4 is 51.2 Å². The van der Waals surface area contributed by atoms with E-state index in [-0.39, 0.29) is 27.3 Å². The third kappa shape index (κ3) is 21.1. The van der Waals surface area contributed by atoms with Gasteiger partial charge in [-0.1, -0.05) is 0 Å². The molecule has 0 saturated heterocycles. The van der Waals surface area contributed by atoms with E-state index < -0.39 is 23.9 Å². The molecule has 10 heteroatoms. The Kier molecular flexibility index (Phi) is 17.6. The van der Waals surface area contributed by atoms with Crippen LogP contribution in [0.15, 0.2) is 0 Å². The number of hydrogen-bond acceptors (Lipinski definition) is 9. The van der Waals surface area contributed by atoms with Crippen LogP contribution in [-0.2, 0) is 19.2 Å². The number of hydrogen-bond donors (Lipinski definition) is 1. The molecular weight excluding hydrogens is 565 g/mol. The molecule has 0 heterocycles. The first-order valence-corrected chi connectivity index (χ1v) is 8.66. The van der Waals surface area contributed by atoms with Gasteiger partial charge >= 0.3 is 0 Å². The Balaban J connectivity index is -0.000000316. The number of nitrogens with two attached hydrogens (primary N) is 1. The second kappa shape index (κ2) is 15.7. The number of carboxylic acid groups (broad SMARTS) is 4. The summed E-state index contributed by atoms with van der Waals surface area (Å²) in [6.45, 7) is 3.89. The summed E-state index contributed by atoms with van der Waals surface area (Å²) in [5.74, 6) is -1.27. The third-order valence-corrected chi connectivity index (χ3v) is 4.09. The summed E-state index contributed by atoms with van der Waals surface area (Å²) in [5.41, 5.74) is 6.62. The standard InChI is InChI=1S/C10H17N.4C2H4O2.Pb/c11-10-4-7-1-8(5-10)3-9(2-7)6-10;4*1-2(3)4;/h7-9H,1-6,11H2;4*1H3,(H,3,4);/p-4. The average Bonchev–Trinajstić information content (AvgIpc) is 2.31. The van der Waals surface area contributed by atoms with E-state index in [1.807, 2.05) is 0 Å². The minimum Gasteiger partial charge on any atom is -0.550 e. The first kappa shape index (κ1) is 31.5. The Morgan fingerprint density at radius 2 is 0.786 bits per heavy atom. The van der Waals surface area contributed by atoms with Crippen LogP contribution in [0.25, 0.3) is 0 Å². The SMILES string of the molecule is CC(=O)[O-].CC(=O)[O-].CC(=O)[O-].CC(=O)[O-].NC12CC3CC(CC(C3)C1)C2.[Pb]. The topological polar surface area (TPSA) is 187 Å². The van der Waals surface area contributed by atoms with Gasteiger partial charge in [0, 0.05) is 56.7 Å². The molecule has 0 amide bonds. The van der Waals surface area contributed by atoms with Gasteiger partial charge in [0.15, 0.2) is 0 Å². The van der Waals surface area contributed by atoms with Gasteiger partial charge in [-0.05, 0) is 84.0 Å². The van der Waals surface area contributed by atoms with Crippen molar-refractivity contribution < 1.29 is 39.6 Å². The van der Waals surface area contributed by atoms with Crippen molar-refractivity contribution in [3.8, 4) is 0 Å². The molecule has 4 bridgehead atoms. The van der Waals surface area contributed by atoms with Crippen molar-refractivity contribution in [1.82, 2.24) is 0 Å². The van der Waals surface area contributed by atoms with Crippen molar-refractivity contribution in [2.75, 3.05) is 0 Å². The fourth-order valence-corrected chi connectivity index (χ4v) is 4.18. The van der Waals surface area contributed by atoms with E-state index in [4.69, 9.17) is 45.3 Å². The molecule has 162 valence electrons. The van der Waals surface area contributed by atoms with Gasteiger partial charge in [0.2, 0.25) is 0 Å². The zero-order valence-electron chi connectivity index (χ0n) is 16.8. The molecule has 0 aromatic rings. The van der Waals surface area contributed by atoms with Crippen LogP contribution in [0, 0.1) is 17.8 Å². The van der Waals surface area contributed by atoms with Crippen LogP contribution in [0.2, 0.25) is 0 Å². The van der Waals surface area contributed by atoms with Crippen molar-refractivity contribution in [2.45, 2.75) is 71.8 Å². The average molecular weight is 595 g/mol. The van der Waals surface area contributed by atoms with E-state index in [9.17, 15) is 0 Å². The molecule has 4 rings (SSSR count). The van der Waals surface area contributed by atoms with Crippen LogP contribution < -0.4 is 26.2 Å². The fraction of sp³-hybridized carbons (Fsp3) is 0.778. The van der Waals surface area contributed by atoms with E-state index in [1.54, 1.807) is 0 Å². The van der Waals surface area contributed by atoms with E-state index in [2.05, 4.69) is 0 Å². The summed E-state index contributed by atoms with van der Waals surface area (Å²) in [4.78, 5) is 35.6. The van der Waals surface area contributed by atoms with Gasteiger partial charge in [-0.25, -0.2) is 0 Å². The zero-order valence-corrected chi connectivity index (χ0v) is 20.7. The molecule has 2 N–H and O–H groups in total. The number of carbonyl (C=O) groups excluding carboxylic acids is 4. The largest absolute Gasteiger partial charge is 0.550 e. The maximum Gasteiger partial charge on any atom is 0.0383 e. The van der Waals surface area contributed by atoms with E-state index in [1.165, 1.54) is 38.5 Å². The van der Waals surface area contributed by atoms with Gasteiger partial charge in [-0.15, -0.1) is 0 Å². The fourth-order valence-electron chi connectivity index (χ4n) is 4.18. The molecule has 0 atom stereocenters. The number of carboxylic acids is 4. The normalized spacial score (nSPS) is 27.2. The summed E-state index contributed by atoms with van der Waals surface area (Å²) in [6, 6.07) is 0. The first-order valence-electron chi connectivity index (χ1n) is 8.66.